The number of nitrogens with zero attached hydrogens (tertiary/aromatic N) is 4. The molecule has 4 rings (SSSR count). The minimum absolute atomic E-state index is 0.0239. The van der Waals surface area contributed by atoms with Gasteiger partial charge in [0.1, 0.15) is 0 Å². The summed E-state index contributed by atoms with van der Waals surface area (Å²) in [5.41, 5.74) is 1.31. The van der Waals surface area contributed by atoms with Crippen LogP contribution in [0.5, 0.6) is 0 Å². The maximum atomic E-state index is 12.4. The third-order valence-electron chi connectivity index (χ3n) is 5.16. The average molecular weight is 458 g/mol. The maximum absolute atomic E-state index is 12.4. The molecule has 0 spiro atoms. The van der Waals surface area contributed by atoms with Crippen LogP contribution in [0.1, 0.15) is 31.7 Å². The topological polar surface area (TPSA) is 103 Å². The van der Waals surface area contributed by atoms with Gasteiger partial charge >= 0.3 is 0 Å². The van der Waals surface area contributed by atoms with Gasteiger partial charge in [-0.1, -0.05) is 48.3 Å². The van der Waals surface area contributed by atoms with Crippen LogP contribution in [0, 0.1) is 10.1 Å². The van der Waals surface area contributed by atoms with Gasteiger partial charge < -0.3 is 5.32 Å². The highest BCUT2D eigenvalue weighted by atomic mass is 35.5. The highest BCUT2D eigenvalue weighted by Gasteiger charge is 2.26. The molecule has 3 aromatic rings. The molecule has 0 atom stereocenters. The molecule has 0 unspecified atom stereocenters. The fourth-order valence-electron chi connectivity index (χ4n) is 3.69. The quantitative estimate of drug-likeness (QED) is 0.291. The van der Waals surface area contributed by atoms with Crippen LogP contribution < -0.4 is 5.32 Å². The number of benzene rings is 2. The lowest BCUT2D eigenvalue weighted by Gasteiger charge is -2.17. The van der Waals surface area contributed by atoms with Crippen molar-refractivity contribution in [1.29, 1.82) is 0 Å². The van der Waals surface area contributed by atoms with E-state index in [1.165, 1.54) is 36.0 Å². The Bertz CT molecular complexity index is 1100. The van der Waals surface area contributed by atoms with Gasteiger partial charge in [-0.25, -0.2) is 0 Å². The summed E-state index contributed by atoms with van der Waals surface area (Å²) in [6, 6.07) is 13.6. The molecule has 1 heterocycles. The Kier molecular flexibility index (Phi) is 6.53. The lowest BCUT2D eigenvalue weighted by Crippen LogP contribution is -2.15. The van der Waals surface area contributed by atoms with Crippen LogP contribution >= 0.6 is 23.4 Å². The second-order valence-corrected chi connectivity index (χ2v) is 8.58. The molecule has 1 saturated carbocycles. The number of hydrogen-bond acceptors (Lipinski definition) is 6. The minimum atomic E-state index is -0.478. The van der Waals surface area contributed by atoms with E-state index < -0.39 is 4.92 Å². The van der Waals surface area contributed by atoms with Crippen LogP contribution in [0.2, 0.25) is 5.02 Å². The number of nitrogens with one attached hydrogen (secondary N) is 1. The van der Waals surface area contributed by atoms with Crippen molar-refractivity contribution in [2.45, 2.75) is 36.9 Å². The molecule has 1 aromatic heterocycles. The van der Waals surface area contributed by atoms with E-state index in [2.05, 4.69) is 20.1 Å². The Hall–Kier alpha value is -2.91. The first-order valence-corrected chi connectivity index (χ1v) is 11.3. The van der Waals surface area contributed by atoms with Crippen molar-refractivity contribution in [3.05, 3.63) is 63.7 Å². The Morgan fingerprint density at radius 3 is 2.55 bits per heavy atom. The van der Waals surface area contributed by atoms with E-state index in [1.54, 1.807) is 0 Å². The summed E-state index contributed by atoms with van der Waals surface area (Å²) < 4.78 is 2.11. The number of aromatic nitrogens is 3. The van der Waals surface area contributed by atoms with Gasteiger partial charge in [0, 0.05) is 29.4 Å². The van der Waals surface area contributed by atoms with Crippen molar-refractivity contribution in [2.75, 3.05) is 11.1 Å². The van der Waals surface area contributed by atoms with Crippen LogP contribution in [0.4, 0.5) is 11.4 Å². The zero-order chi connectivity index (χ0) is 21.8. The van der Waals surface area contributed by atoms with Crippen molar-refractivity contribution in [3.8, 4) is 11.4 Å². The van der Waals surface area contributed by atoms with Crippen molar-refractivity contribution in [1.82, 2.24) is 14.8 Å². The number of halogens is 1. The molecule has 2 aromatic carbocycles. The fraction of sp³-hybridized carbons (Fsp3) is 0.286. The molecule has 1 fully saturated rings. The van der Waals surface area contributed by atoms with Crippen molar-refractivity contribution >= 4 is 40.6 Å². The number of carbonyl (C=O) groups is 1. The van der Waals surface area contributed by atoms with Gasteiger partial charge in [-0.05, 0) is 37.1 Å². The highest BCUT2D eigenvalue weighted by molar-refractivity contribution is 7.99. The Balaban J connectivity index is 1.49. The Morgan fingerprint density at radius 2 is 1.87 bits per heavy atom. The van der Waals surface area contributed by atoms with Crippen LogP contribution in [0.25, 0.3) is 11.4 Å². The van der Waals surface area contributed by atoms with E-state index >= 15 is 0 Å². The number of anilines is 1. The smallest absolute Gasteiger partial charge is 0.269 e. The summed E-state index contributed by atoms with van der Waals surface area (Å²) in [5, 5.41) is 23.5. The van der Waals surface area contributed by atoms with Crippen LogP contribution in [-0.4, -0.2) is 31.3 Å². The molecule has 1 N–H and O–H groups in total. The van der Waals surface area contributed by atoms with Gasteiger partial charge in [-0.15, -0.1) is 10.2 Å². The number of rotatable bonds is 7. The van der Waals surface area contributed by atoms with E-state index in [0.717, 1.165) is 37.1 Å². The number of carbonyl (C=O) groups excluding carboxylic acids is 1. The number of amides is 1. The monoisotopic (exact) mass is 457 g/mol. The van der Waals surface area contributed by atoms with E-state index in [-0.39, 0.29) is 23.4 Å². The molecule has 1 amide bonds. The first-order chi connectivity index (χ1) is 15.0. The SMILES string of the molecule is O=C(CSc1nnc(-c2ccccc2Cl)n1C1CCCC1)Nc1ccc([N+](=O)[O-])cc1. The summed E-state index contributed by atoms with van der Waals surface area (Å²) in [6.07, 6.45) is 4.38. The van der Waals surface area contributed by atoms with E-state index in [4.69, 9.17) is 11.6 Å². The third kappa shape index (κ3) is 4.88. The van der Waals surface area contributed by atoms with E-state index in [0.29, 0.717) is 15.9 Å². The lowest BCUT2D eigenvalue weighted by atomic mass is 10.2. The number of hydrogen-bond donors (Lipinski definition) is 1. The zero-order valence-corrected chi connectivity index (χ0v) is 18.1. The Labute approximate surface area is 188 Å². The molecule has 8 nitrogen and oxygen atoms in total. The van der Waals surface area contributed by atoms with Crippen molar-refractivity contribution < 1.29 is 9.72 Å². The number of nitro benzene ring substituents is 1. The normalized spacial score (nSPS) is 14.0. The Morgan fingerprint density at radius 1 is 1.16 bits per heavy atom. The van der Waals surface area contributed by atoms with E-state index in [9.17, 15) is 14.9 Å². The largest absolute Gasteiger partial charge is 0.325 e. The number of non-ortho nitro benzene ring substituents is 1. The number of nitro groups is 1. The molecule has 160 valence electrons. The van der Waals surface area contributed by atoms with Gasteiger partial charge in [0.15, 0.2) is 11.0 Å². The van der Waals surface area contributed by atoms with Gasteiger partial charge in [0.2, 0.25) is 5.91 Å². The predicted octanol–water partition coefficient (Wildman–Crippen LogP) is 5.35. The van der Waals surface area contributed by atoms with Crippen LogP contribution in [0.15, 0.2) is 53.7 Å². The van der Waals surface area contributed by atoms with E-state index in [1.807, 2.05) is 24.3 Å². The van der Waals surface area contributed by atoms with Gasteiger partial charge in [0.05, 0.1) is 15.7 Å². The summed E-state index contributed by atoms with van der Waals surface area (Å²) in [5.74, 6) is 0.638. The van der Waals surface area contributed by atoms with Crippen LogP contribution in [0.3, 0.4) is 0 Å². The molecule has 0 aliphatic heterocycles. The zero-order valence-electron chi connectivity index (χ0n) is 16.5. The molecular weight excluding hydrogens is 438 g/mol. The van der Waals surface area contributed by atoms with Gasteiger partial charge in [-0.3, -0.25) is 19.5 Å². The first-order valence-electron chi connectivity index (χ1n) is 9.90. The van der Waals surface area contributed by atoms with Crippen molar-refractivity contribution in [2.24, 2.45) is 0 Å². The molecule has 0 bridgehead atoms. The number of thioether (sulfide) groups is 1. The summed E-state index contributed by atoms with van der Waals surface area (Å²) in [7, 11) is 0. The predicted molar refractivity (Wildman–Crippen MR) is 120 cm³/mol. The molecule has 0 radical (unpaired) electrons. The van der Waals surface area contributed by atoms with Crippen molar-refractivity contribution in [3.63, 3.8) is 0 Å². The lowest BCUT2D eigenvalue weighted by molar-refractivity contribution is -0.384. The molecule has 1 aliphatic rings. The van der Waals surface area contributed by atoms with Gasteiger partial charge in [0.25, 0.3) is 5.69 Å². The summed E-state index contributed by atoms with van der Waals surface area (Å²) in [4.78, 5) is 22.7. The average Bonchev–Trinajstić information content (AvgIpc) is 3.42. The third-order valence-corrected chi connectivity index (χ3v) is 6.44. The molecule has 1 aliphatic carbocycles. The van der Waals surface area contributed by atoms with Crippen LogP contribution in [-0.2, 0) is 4.79 Å². The molecule has 31 heavy (non-hydrogen) atoms. The molecule has 10 heteroatoms. The maximum Gasteiger partial charge on any atom is 0.269 e. The summed E-state index contributed by atoms with van der Waals surface area (Å²) in [6.45, 7) is 0. The minimum Gasteiger partial charge on any atom is -0.325 e. The molecule has 0 saturated heterocycles. The summed E-state index contributed by atoms with van der Waals surface area (Å²) >= 11 is 7.72. The van der Waals surface area contributed by atoms with Gasteiger partial charge in [-0.2, -0.15) is 0 Å². The fourth-order valence-corrected chi connectivity index (χ4v) is 4.71. The first kappa shape index (κ1) is 21.3. The second-order valence-electron chi connectivity index (χ2n) is 7.24. The standard InChI is InChI=1S/C21H20ClN5O3S/c22-18-8-4-3-7-17(18)20-24-25-21(26(20)15-5-1-2-6-15)31-13-19(28)23-14-9-11-16(12-10-14)27(29)30/h3-4,7-12,15H,1-2,5-6,13H2,(H,23,28). The molecular formula is C21H20ClN5O3S. The second kappa shape index (κ2) is 9.49. The highest BCUT2D eigenvalue weighted by Crippen LogP contribution is 2.38.